The highest BCUT2D eigenvalue weighted by molar-refractivity contribution is 9.42. The monoisotopic (exact) mass is 480 g/mol. The lowest BCUT2D eigenvalue weighted by Crippen LogP contribution is -2.21. The molecule has 1 aromatic rings. The van der Waals surface area contributed by atoms with Crippen LogP contribution < -0.4 is 0 Å². The molecule has 0 radical (unpaired) electrons. The number of aromatic carboxylic acids is 1. The van der Waals surface area contributed by atoms with Crippen molar-refractivity contribution in [2.24, 2.45) is 0 Å². The molecule has 2 N–H and O–H groups in total. The van der Waals surface area contributed by atoms with E-state index >= 15 is 0 Å². The second-order valence-corrected chi connectivity index (χ2v) is 13.8. The van der Waals surface area contributed by atoms with Gasteiger partial charge in [-0.25, -0.2) is 18.1 Å². The van der Waals surface area contributed by atoms with Crippen LogP contribution in [0.1, 0.15) is 15.9 Å². The van der Waals surface area contributed by atoms with Gasteiger partial charge in [0.1, 0.15) is 6.61 Å². The third-order valence-electron chi connectivity index (χ3n) is 2.10. The fraction of sp³-hybridized carbons (Fsp3) is 0.222. The molecule has 0 saturated carbocycles. The van der Waals surface area contributed by atoms with Crippen molar-refractivity contribution in [2.45, 2.75) is 13.0 Å². The first kappa shape index (κ1) is 17.1. The molecule has 106 valence electrons. The van der Waals surface area contributed by atoms with Crippen molar-refractivity contribution in [1.82, 2.24) is 0 Å². The Labute approximate surface area is 134 Å². The summed E-state index contributed by atoms with van der Waals surface area (Å²) in [6, 6.07) is 3.59. The van der Waals surface area contributed by atoms with Crippen LogP contribution in [0.5, 0.6) is 0 Å². The average molecular weight is 483 g/mol. The summed E-state index contributed by atoms with van der Waals surface area (Å²) in [5.74, 6) is -1.41. The highest BCUT2D eigenvalue weighted by Gasteiger charge is 2.39. The van der Waals surface area contributed by atoms with E-state index < -0.39 is 22.8 Å². The van der Waals surface area contributed by atoms with Crippen LogP contribution >= 0.6 is 47.8 Å². The molecule has 0 aliphatic heterocycles. The highest BCUT2D eigenvalue weighted by Crippen LogP contribution is 2.44. The topological polar surface area (TPSA) is 101 Å². The van der Waals surface area contributed by atoms with E-state index in [0.29, 0.717) is 5.56 Å². The third-order valence-corrected chi connectivity index (χ3v) is 7.48. The number of halogens is 3. The number of carboxylic acid groups (broad SMARTS) is 1. The van der Waals surface area contributed by atoms with Crippen LogP contribution in [-0.2, 0) is 21.3 Å². The zero-order valence-corrected chi connectivity index (χ0v) is 14.6. The molecule has 0 spiro atoms. The normalized spacial score (nSPS) is 12.4. The molecular weight excluding hydrogens is 476 g/mol. The summed E-state index contributed by atoms with van der Waals surface area (Å²) in [6.07, 6.45) is 0. The number of hydrogen-bond acceptors (Lipinski definition) is 5. The Morgan fingerprint density at radius 2 is 1.89 bits per heavy atom. The van der Waals surface area contributed by atoms with Crippen molar-refractivity contribution in [3.8, 4) is 0 Å². The summed E-state index contributed by atoms with van der Waals surface area (Å²) in [6.45, 7) is -0.247. The van der Waals surface area contributed by atoms with E-state index in [2.05, 4.69) is 52.7 Å². The minimum absolute atomic E-state index is 0.247. The van der Waals surface area contributed by atoms with Gasteiger partial charge in [-0.2, -0.15) is 0 Å². The molecule has 6 nitrogen and oxygen atoms in total. The van der Waals surface area contributed by atoms with E-state index in [9.17, 15) is 13.2 Å². The van der Waals surface area contributed by atoms with Gasteiger partial charge in [0.2, 0.25) is 11.3 Å². The van der Waals surface area contributed by atoms with Crippen molar-refractivity contribution in [3.63, 3.8) is 0 Å². The fourth-order valence-electron chi connectivity index (χ4n) is 1.27. The molecule has 0 heterocycles. The van der Waals surface area contributed by atoms with Crippen molar-refractivity contribution in [1.29, 1.82) is 0 Å². The number of carbonyl (C=O) groups is 1. The number of alkyl halides is 3. The lowest BCUT2D eigenvalue weighted by molar-refractivity contribution is -0.253. The van der Waals surface area contributed by atoms with Crippen LogP contribution in [-0.4, -0.2) is 26.2 Å². The Morgan fingerprint density at radius 1 is 1.32 bits per heavy atom. The zero-order valence-electron chi connectivity index (χ0n) is 9.01. The van der Waals surface area contributed by atoms with Crippen molar-refractivity contribution >= 4 is 63.6 Å². The summed E-state index contributed by atoms with van der Waals surface area (Å²) in [5.41, 5.74) is -0.0968. The molecule has 0 fully saturated rings. The van der Waals surface area contributed by atoms with E-state index in [4.69, 9.17) is 10.4 Å². The van der Waals surface area contributed by atoms with E-state index in [1.807, 2.05) is 0 Å². The predicted octanol–water partition coefficient (Wildman–Crippen LogP) is 2.94. The first-order valence-electron chi connectivity index (χ1n) is 4.55. The summed E-state index contributed by atoms with van der Waals surface area (Å²) in [7, 11) is -4.02. The zero-order chi connectivity index (χ0) is 14.8. The molecule has 0 aromatic heterocycles. The van der Waals surface area contributed by atoms with Gasteiger partial charge in [0.05, 0.1) is 10.5 Å². The summed E-state index contributed by atoms with van der Waals surface area (Å²) in [4.78, 5) is 14.6. The van der Waals surface area contributed by atoms with Gasteiger partial charge in [0, 0.05) is 0 Å². The lowest BCUT2D eigenvalue weighted by atomic mass is 10.1. The largest absolute Gasteiger partial charge is 0.478 e. The van der Waals surface area contributed by atoms with E-state index in [0.717, 1.165) is 12.1 Å². The lowest BCUT2D eigenvalue weighted by Gasteiger charge is -2.16. The van der Waals surface area contributed by atoms with E-state index in [-0.39, 0.29) is 11.5 Å². The number of carboxylic acids is 1. The standard InChI is InChI=1S/C9H7Br3O6S/c10-9(11,12)19(16,17)7-2-1-5(4-18-15)3-6(7)8(13)14/h1-3,15H,4H2,(H,13,14). The molecule has 10 heteroatoms. The Morgan fingerprint density at radius 3 is 2.32 bits per heavy atom. The van der Waals surface area contributed by atoms with Crippen molar-refractivity contribution in [2.75, 3.05) is 0 Å². The number of rotatable bonds is 4. The Kier molecular flexibility index (Phi) is 5.55. The highest BCUT2D eigenvalue weighted by atomic mass is 80.0. The maximum absolute atomic E-state index is 12.2. The molecule has 0 unspecified atom stereocenters. The van der Waals surface area contributed by atoms with Gasteiger partial charge in [0.25, 0.3) is 0 Å². The molecule has 0 aliphatic rings. The summed E-state index contributed by atoms with van der Waals surface area (Å²) in [5, 5.41) is 17.4. The first-order valence-corrected chi connectivity index (χ1v) is 8.41. The van der Waals surface area contributed by atoms with Gasteiger partial charge in [-0.15, -0.1) is 0 Å². The van der Waals surface area contributed by atoms with Crippen LogP contribution in [0.2, 0.25) is 0 Å². The van der Waals surface area contributed by atoms with Crippen molar-refractivity contribution < 1.29 is 28.5 Å². The average Bonchev–Trinajstić information content (AvgIpc) is 2.27. The minimum Gasteiger partial charge on any atom is -0.478 e. The van der Waals surface area contributed by atoms with Gasteiger partial charge in [-0.3, -0.25) is 5.26 Å². The Balaban J connectivity index is 3.49. The van der Waals surface area contributed by atoms with Crippen molar-refractivity contribution in [3.05, 3.63) is 29.3 Å². The van der Waals surface area contributed by atoms with Crippen LogP contribution in [0.15, 0.2) is 23.1 Å². The molecule has 0 saturated heterocycles. The summed E-state index contributed by atoms with van der Waals surface area (Å²) < 4.78 is 22.7. The second kappa shape index (κ2) is 6.19. The molecular formula is C9H7Br3O6S. The summed E-state index contributed by atoms with van der Waals surface area (Å²) >= 11 is 8.57. The maximum atomic E-state index is 12.2. The quantitative estimate of drug-likeness (QED) is 0.389. The van der Waals surface area contributed by atoms with Gasteiger partial charge in [-0.1, -0.05) is 6.07 Å². The molecule has 19 heavy (non-hydrogen) atoms. The Bertz CT molecular complexity index is 592. The smallest absolute Gasteiger partial charge is 0.337 e. The maximum Gasteiger partial charge on any atom is 0.337 e. The predicted molar refractivity (Wildman–Crippen MR) is 77.5 cm³/mol. The van der Waals surface area contributed by atoms with Gasteiger partial charge in [-0.05, 0) is 65.5 Å². The van der Waals surface area contributed by atoms with E-state index in [1.54, 1.807) is 0 Å². The van der Waals surface area contributed by atoms with Crippen LogP contribution in [0, 0.1) is 0 Å². The molecule has 0 amide bonds. The molecule has 0 aliphatic carbocycles. The number of sulfone groups is 1. The number of benzene rings is 1. The van der Waals surface area contributed by atoms with Gasteiger partial charge < -0.3 is 5.11 Å². The second-order valence-electron chi connectivity index (χ2n) is 3.36. The molecule has 1 aromatic carbocycles. The van der Waals surface area contributed by atoms with Gasteiger partial charge in [0.15, 0.2) is 0 Å². The van der Waals surface area contributed by atoms with E-state index in [1.165, 1.54) is 6.07 Å². The third kappa shape index (κ3) is 3.76. The first-order chi connectivity index (χ1) is 8.61. The van der Waals surface area contributed by atoms with Crippen LogP contribution in [0.25, 0.3) is 0 Å². The molecule has 1 rings (SSSR count). The van der Waals surface area contributed by atoms with Crippen LogP contribution in [0.4, 0.5) is 0 Å². The van der Waals surface area contributed by atoms with Crippen LogP contribution in [0.3, 0.4) is 0 Å². The Hall–Kier alpha value is 0.000000000000000444. The van der Waals surface area contributed by atoms with Gasteiger partial charge >= 0.3 is 5.97 Å². The minimum atomic E-state index is -4.02. The molecule has 0 atom stereocenters. The number of hydrogen-bond donors (Lipinski definition) is 2. The molecule has 0 bridgehead atoms. The SMILES string of the molecule is O=C(O)c1cc(COO)ccc1S(=O)(=O)C(Br)(Br)Br. The fourth-order valence-corrected chi connectivity index (χ4v) is 3.77.